The fourth-order valence-electron chi connectivity index (χ4n) is 4.60. The van der Waals surface area contributed by atoms with Crippen LogP contribution in [0, 0.1) is 0 Å². The van der Waals surface area contributed by atoms with E-state index < -0.39 is 0 Å². The number of aromatic nitrogens is 2. The Morgan fingerprint density at radius 2 is 1.69 bits per heavy atom. The molecule has 36 heavy (non-hydrogen) atoms. The SMILES string of the molecule is CN1C=CS/C1=C1/C2=NC(=CC3=NC(=C(c4scc[n+]4C)C4=NC(=Cc5ccc1[nH]5)C=C4)C=C3)C=C2. The molecule has 2 aromatic rings. The number of H-pyrrole nitrogens is 1. The molecule has 7 rings (SSSR count). The monoisotopic (exact) mass is 505 g/mol. The first kappa shape index (κ1) is 21.3. The second-order valence-corrected chi connectivity index (χ2v) is 10.6. The Bertz CT molecular complexity index is 1670. The third kappa shape index (κ3) is 3.57. The molecule has 6 nitrogen and oxygen atoms in total. The van der Waals surface area contributed by atoms with Crippen molar-refractivity contribution in [2.24, 2.45) is 22.0 Å². The first-order valence-corrected chi connectivity index (χ1v) is 13.3. The maximum atomic E-state index is 4.99. The van der Waals surface area contributed by atoms with Crippen LogP contribution in [0.4, 0.5) is 0 Å². The minimum Gasteiger partial charge on any atom is -0.355 e. The van der Waals surface area contributed by atoms with Crippen LogP contribution in [0.5, 0.6) is 0 Å². The van der Waals surface area contributed by atoms with Crippen LogP contribution in [0.15, 0.2) is 115 Å². The summed E-state index contributed by atoms with van der Waals surface area (Å²) in [7, 11) is 4.12. The normalized spacial score (nSPS) is 21.9. The van der Waals surface area contributed by atoms with Crippen molar-refractivity contribution < 1.29 is 4.57 Å². The summed E-state index contributed by atoms with van der Waals surface area (Å²) >= 11 is 3.39. The van der Waals surface area contributed by atoms with Crippen LogP contribution in [-0.4, -0.2) is 34.1 Å². The summed E-state index contributed by atoms with van der Waals surface area (Å²) in [5, 5.41) is 6.44. The van der Waals surface area contributed by atoms with Gasteiger partial charge in [-0.05, 0) is 66.1 Å². The van der Waals surface area contributed by atoms with Gasteiger partial charge in [0.1, 0.15) is 12.6 Å². The Morgan fingerprint density at radius 1 is 0.889 bits per heavy atom. The molecule has 0 saturated heterocycles. The number of nitrogens with zero attached hydrogens (tertiary/aromatic N) is 5. The highest BCUT2D eigenvalue weighted by Gasteiger charge is 2.27. The molecule has 5 aliphatic rings. The third-order valence-corrected chi connectivity index (χ3v) is 8.27. The van der Waals surface area contributed by atoms with E-state index in [1.54, 1.807) is 23.1 Å². The maximum absolute atomic E-state index is 4.99. The Morgan fingerprint density at radius 3 is 2.44 bits per heavy atom. The van der Waals surface area contributed by atoms with Crippen LogP contribution in [0.1, 0.15) is 16.4 Å². The third-order valence-electron chi connectivity index (χ3n) is 6.33. The van der Waals surface area contributed by atoms with Gasteiger partial charge in [0.25, 0.3) is 5.01 Å². The predicted molar refractivity (Wildman–Crippen MR) is 150 cm³/mol. The molecule has 0 amide bonds. The Hall–Kier alpha value is -4.01. The van der Waals surface area contributed by atoms with E-state index in [-0.39, 0.29) is 0 Å². The van der Waals surface area contributed by atoms with Crippen molar-refractivity contribution in [2.45, 2.75) is 0 Å². The number of hydrogen-bond acceptors (Lipinski definition) is 6. The van der Waals surface area contributed by atoms with E-state index in [4.69, 9.17) is 15.0 Å². The summed E-state index contributed by atoms with van der Waals surface area (Å²) < 4.78 is 2.12. The van der Waals surface area contributed by atoms with Crippen LogP contribution in [0.3, 0.4) is 0 Å². The first-order chi connectivity index (χ1) is 17.6. The summed E-state index contributed by atoms with van der Waals surface area (Å²) in [5.74, 6) is 0. The van der Waals surface area contributed by atoms with Crippen LogP contribution in [0.25, 0.3) is 17.2 Å². The smallest absolute Gasteiger partial charge is 0.273 e. The van der Waals surface area contributed by atoms with Crippen LogP contribution in [-0.2, 0) is 7.05 Å². The fraction of sp³-hybridized carbons (Fsp3) is 0.0714. The average Bonchev–Trinajstić information content (AvgIpc) is 3.68. The molecular formula is C28H21N6S2+. The highest BCUT2D eigenvalue weighted by molar-refractivity contribution is 8.06. The minimum absolute atomic E-state index is 0.877. The van der Waals surface area contributed by atoms with Crippen molar-refractivity contribution >= 4 is 57.5 Å². The highest BCUT2D eigenvalue weighted by Crippen LogP contribution is 2.37. The first-order valence-electron chi connectivity index (χ1n) is 11.5. The minimum atomic E-state index is 0.877. The largest absolute Gasteiger partial charge is 0.355 e. The van der Waals surface area contributed by atoms with E-state index in [2.05, 4.69) is 100 Å². The molecule has 7 heterocycles. The standard InChI is InChI=1S/C28H21N6S2/c1-33-11-13-35-27(33)25-21-7-3-17(29-21)15-19-5-9-23(31-19)26(28-34(2)12-14-36-28)24-10-6-20(32-24)16-18-4-8-22(25)30-18/h3-16,29H,1-2H3/q+1. The lowest BCUT2D eigenvalue weighted by atomic mass is 10.1. The number of fused-ring (bicyclic) bond motifs is 5. The molecule has 0 aliphatic carbocycles. The summed E-state index contributed by atoms with van der Waals surface area (Å²) in [6.45, 7) is 0. The Labute approximate surface area is 216 Å². The van der Waals surface area contributed by atoms with Crippen molar-refractivity contribution in [1.29, 1.82) is 0 Å². The number of aryl methyl sites for hydroxylation is 1. The quantitative estimate of drug-likeness (QED) is 0.528. The van der Waals surface area contributed by atoms with Gasteiger partial charge in [-0.25, -0.2) is 15.0 Å². The lowest BCUT2D eigenvalue weighted by molar-refractivity contribution is -0.668. The zero-order valence-corrected chi connectivity index (χ0v) is 21.3. The van der Waals surface area contributed by atoms with Crippen molar-refractivity contribution in [1.82, 2.24) is 9.88 Å². The Kier molecular flexibility index (Phi) is 4.90. The van der Waals surface area contributed by atoms with Gasteiger partial charge in [0.05, 0.1) is 55.9 Å². The van der Waals surface area contributed by atoms with E-state index in [1.165, 1.54) is 0 Å². The van der Waals surface area contributed by atoms with Gasteiger partial charge in [-0.3, -0.25) is 0 Å². The van der Waals surface area contributed by atoms with E-state index in [0.29, 0.717) is 0 Å². The number of thiazole rings is 1. The molecule has 8 heteroatoms. The molecule has 1 N–H and O–H groups in total. The molecule has 5 aliphatic heterocycles. The number of rotatable bonds is 1. The molecule has 174 valence electrons. The van der Waals surface area contributed by atoms with E-state index >= 15 is 0 Å². The van der Waals surface area contributed by atoms with E-state index in [1.807, 2.05) is 12.2 Å². The van der Waals surface area contributed by atoms with Gasteiger partial charge < -0.3 is 9.88 Å². The average molecular weight is 506 g/mol. The second kappa shape index (κ2) is 8.29. The molecule has 0 radical (unpaired) electrons. The van der Waals surface area contributed by atoms with Crippen molar-refractivity contribution in [2.75, 3.05) is 7.05 Å². The highest BCUT2D eigenvalue weighted by atomic mass is 32.2. The topological polar surface area (TPSA) is 60.0 Å². The summed E-state index contributed by atoms with van der Waals surface area (Å²) in [6, 6.07) is 4.22. The number of allylic oxidation sites excluding steroid dienone is 9. The molecule has 2 aromatic heterocycles. The zero-order valence-electron chi connectivity index (χ0n) is 19.6. The summed E-state index contributed by atoms with van der Waals surface area (Å²) in [6.07, 6.45) is 20.7. The molecular weight excluding hydrogens is 484 g/mol. The summed E-state index contributed by atoms with van der Waals surface area (Å²) in [5.41, 5.74) is 9.53. The fourth-order valence-corrected chi connectivity index (χ4v) is 6.46. The molecule has 0 spiro atoms. The number of aromatic amines is 1. The van der Waals surface area contributed by atoms with Gasteiger partial charge in [0, 0.05) is 18.9 Å². The molecule has 0 aromatic carbocycles. The van der Waals surface area contributed by atoms with Gasteiger partial charge in [-0.1, -0.05) is 23.1 Å². The summed E-state index contributed by atoms with van der Waals surface area (Å²) in [4.78, 5) is 20.7. The lowest BCUT2D eigenvalue weighted by Crippen LogP contribution is -2.30. The molecule has 0 fully saturated rings. The van der Waals surface area contributed by atoms with Crippen LogP contribution < -0.4 is 4.57 Å². The lowest BCUT2D eigenvalue weighted by Gasteiger charge is -2.16. The Balaban J connectivity index is 1.45. The maximum Gasteiger partial charge on any atom is 0.273 e. The van der Waals surface area contributed by atoms with Gasteiger partial charge >= 0.3 is 0 Å². The number of thioether (sulfide) groups is 1. The van der Waals surface area contributed by atoms with Gasteiger partial charge in [0.2, 0.25) is 0 Å². The van der Waals surface area contributed by atoms with Gasteiger partial charge in [0.15, 0.2) is 6.20 Å². The van der Waals surface area contributed by atoms with E-state index in [9.17, 15) is 0 Å². The molecule has 0 saturated carbocycles. The van der Waals surface area contributed by atoms with E-state index in [0.717, 1.165) is 66.8 Å². The molecule has 8 bridgehead atoms. The number of aliphatic imine (C=N–C) groups is 3. The second-order valence-electron chi connectivity index (χ2n) is 8.77. The molecule has 0 atom stereocenters. The molecule has 0 unspecified atom stereocenters. The van der Waals surface area contributed by atoms with Gasteiger partial charge in [-0.15, -0.1) is 0 Å². The van der Waals surface area contributed by atoms with Crippen molar-refractivity contribution in [3.05, 3.63) is 116 Å². The van der Waals surface area contributed by atoms with Crippen molar-refractivity contribution in [3.63, 3.8) is 0 Å². The number of nitrogens with one attached hydrogen (secondary N) is 1. The van der Waals surface area contributed by atoms with Crippen LogP contribution >= 0.6 is 23.1 Å². The number of hydrogen-bond donors (Lipinski definition) is 1. The predicted octanol–water partition coefficient (Wildman–Crippen LogP) is 5.40. The van der Waals surface area contributed by atoms with Crippen LogP contribution in [0.2, 0.25) is 0 Å². The van der Waals surface area contributed by atoms with Gasteiger partial charge in [-0.2, -0.15) is 4.57 Å². The zero-order chi connectivity index (χ0) is 24.2. The van der Waals surface area contributed by atoms with Crippen molar-refractivity contribution in [3.8, 4) is 0 Å².